The molecule has 2 aliphatic rings. The summed E-state index contributed by atoms with van der Waals surface area (Å²) in [5, 5.41) is 2.99. The number of carbonyl (C=O) groups is 1. The fourth-order valence-corrected chi connectivity index (χ4v) is 5.69. The van der Waals surface area contributed by atoms with Gasteiger partial charge >= 0.3 is 0 Å². The smallest absolute Gasteiger partial charge is 0.264 e. The van der Waals surface area contributed by atoms with E-state index in [9.17, 15) is 17.6 Å². The van der Waals surface area contributed by atoms with Crippen LogP contribution in [0, 0.1) is 5.82 Å². The fraction of sp³-hybridized carbons (Fsp3) is 0.458. The van der Waals surface area contributed by atoms with Crippen LogP contribution in [0.5, 0.6) is 11.5 Å². The van der Waals surface area contributed by atoms with Gasteiger partial charge in [-0.25, -0.2) is 12.8 Å². The predicted octanol–water partition coefficient (Wildman–Crippen LogP) is 4.02. The number of hydrogen-bond donors (Lipinski definition) is 1. The molecular formula is C24H29FN2O5S. The Hall–Kier alpha value is -2.81. The average Bonchev–Trinajstić information content (AvgIpc) is 2.78. The van der Waals surface area contributed by atoms with Gasteiger partial charge in [0.25, 0.3) is 10.0 Å². The maximum atomic E-state index is 14.0. The highest BCUT2D eigenvalue weighted by atomic mass is 32.2. The van der Waals surface area contributed by atoms with Gasteiger partial charge in [0.15, 0.2) is 11.5 Å². The molecule has 1 amide bonds. The van der Waals surface area contributed by atoms with Crippen LogP contribution in [-0.2, 0) is 14.8 Å². The Bertz CT molecular complexity index is 1080. The molecule has 0 saturated heterocycles. The van der Waals surface area contributed by atoms with E-state index in [0.717, 1.165) is 48.9 Å². The van der Waals surface area contributed by atoms with Crippen molar-refractivity contribution in [2.45, 2.75) is 55.9 Å². The minimum absolute atomic E-state index is 0.0177. The highest BCUT2D eigenvalue weighted by Gasteiger charge is 2.30. The van der Waals surface area contributed by atoms with Gasteiger partial charge in [0.2, 0.25) is 5.91 Å². The van der Waals surface area contributed by atoms with Crippen LogP contribution in [0.4, 0.5) is 10.1 Å². The summed E-state index contributed by atoms with van der Waals surface area (Å²) < 4.78 is 53.1. The van der Waals surface area contributed by atoms with Crippen LogP contribution < -0.4 is 19.1 Å². The van der Waals surface area contributed by atoms with Gasteiger partial charge in [-0.1, -0.05) is 38.2 Å². The Balaban J connectivity index is 1.60. The summed E-state index contributed by atoms with van der Waals surface area (Å²) in [5.41, 5.74) is 0.0812. The third kappa shape index (κ3) is 5.76. The van der Waals surface area contributed by atoms with E-state index in [-0.39, 0.29) is 16.6 Å². The number of anilines is 1. The largest absolute Gasteiger partial charge is 0.486 e. The number of hydrogen-bond acceptors (Lipinski definition) is 5. The Morgan fingerprint density at radius 1 is 0.970 bits per heavy atom. The summed E-state index contributed by atoms with van der Waals surface area (Å²) in [4.78, 5) is 12.9. The quantitative estimate of drug-likeness (QED) is 0.681. The van der Waals surface area contributed by atoms with Crippen molar-refractivity contribution in [3.8, 4) is 11.5 Å². The first kappa shape index (κ1) is 23.4. The lowest BCUT2D eigenvalue weighted by Gasteiger charge is -2.27. The van der Waals surface area contributed by atoms with E-state index in [2.05, 4.69) is 5.32 Å². The fourth-order valence-electron chi connectivity index (χ4n) is 4.26. The van der Waals surface area contributed by atoms with Crippen LogP contribution in [0.25, 0.3) is 0 Å². The monoisotopic (exact) mass is 476 g/mol. The van der Waals surface area contributed by atoms with E-state index < -0.39 is 28.3 Å². The second kappa shape index (κ2) is 10.4. The van der Waals surface area contributed by atoms with E-state index >= 15 is 0 Å². The van der Waals surface area contributed by atoms with Gasteiger partial charge in [-0.15, -0.1) is 0 Å². The topological polar surface area (TPSA) is 84.9 Å². The third-order valence-electron chi connectivity index (χ3n) is 5.96. The van der Waals surface area contributed by atoms with Crippen molar-refractivity contribution in [3.63, 3.8) is 0 Å². The van der Waals surface area contributed by atoms with Crippen molar-refractivity contribution >= 4 is 21.6 Å². The van der Waals surface area contributed by atoms with Gasteiger partial charge in [0.05, 0.1) is 10.6 Å². The second-order valence-corrected chi connectivity index (χ2v) is 10.3. The SMILES string of the molecule is O=C(CN(c1cccc(F)c1)S(=O)(=O)c1ccc2c(c1)OCCO2)NC1CCCCCCC1. The molecule has 9 heteroatoms. The van der Waals surface area contributed by atoms with Crippen molar-refractivity contribution in [3.05, 3.63) is 48.3 Å². The van der Waals surface area contributed by atoms with Gasteiger partial charge in [0.1, 0.15) is 25.6 Å². The molecule has 0 atom stereocenters. The zero-order valence-corrected chi connectivity index (χ0v) is 19.3. The summed E-state index contributed by atoms with van der Waals surface area (Å²) in [5.74, 6) is -0.221. The number of sulfonamides is 1. The van der Waals surface area contributed by atoms with Gasteiger partial charge in [-0.2, -0.15) is 0 Å². The zero-order chi connectivity index (χ0) is 23.3. The first-order valence-corrected chi connectivity index (χ1v) is 12.8. The lowest BCUT2D eigenvalue weighted by molar-refractivity contribution is -0.120. The molecule has 2 aromatic carbocycles. The molecule has 0 radical (unpaired) electrons. The molecule has 178 valence electrons. The van der Waals surface area contributed by atoms with E-state index in [1.54, 1.807) is 0 Å². The summed E-state index contributed by atoms with van der Waals surface area (Å²) in [6.07, 6.45) is 7.31. The van der Waals surface area contributed by atoms with Gasteiger partial charge in [-0.05, 0) is 43.2 Å². The maximum absolute atomic E-state index is 14.0. The van der Waals surface area contributed by atoms with Gasteiger partial charge in [0, 0.05) is 12.1 Å². The minimum Gasteiger partial charge on any atom is -0.486 e. The molecule has 0 unspecified atom stereocenters. The second-order valence-electron chi connectivity index (χ2n) is 8.41. The first-order valence-electron chi connectivity index (χ1n) is 11.4. The standard InChI is InChI=1S/C24H29FN2O5S/c25-18-7-6-10-20(15-18)27(17-24(28)26-19-8-4-2-1-3-5-9-19)33(29,30)21-11-12-22-23(16-21)32-14-13-31-22/h6-7,10-12,15-16,19H,1-5,8-9,13-14,17H2,(H,26,28). The molecule has 2 aromatic rings. The van der Waals surface area contributed by atoms with Crippen LogP contribution >= 0.6 is 0 Å². The highest BCUT2D eigenvalue weighted by Crippen LogP contribution is 2.34. The number of nitrogens with one attached hydrogen (secondary N) is 1. The molecule has 1 fully saturated rings. The molecular weight excluding hydrogens is 447 g/mol. The number of nitrogens with zero attached hydrogens (tertiary/aromatic N) is 1. The molecule has 4 rings (SSSR count). The Kier molecular flexibility index (Phi) is 7.37. The summed E-state index contributed by atoms with van der Waals surface area (Å²) in [6, 6.07) is 9.56. The lowest BCUT2D eigenvalue weighted by Crippen LogP contribution is -2.44. The molecule has 0 aromatic heterocycles. The van der Waals surface area contributed by atoms with Crippen LogP contribution in [0.15, 0.2) is 47.4 Å². The molecule has 0 bridgehead atoms. The Morgan fingerprint density at radius 2 is 1.67 bits per heavy atom. The molecule has 1 saturated carbocycles. The van der Waals surface area contributed by atoms with Gasteiger partial charge < -0.3 is 14.8 Å². The maximum Gasteiger partial charge on any atom is 0.264 e. The molecule has 1 heterocycles. The number of fused-ring (bicyclic) bond motifs is 1. The Labute approximate surface area is 193 Å². The van der Waals surface area contributed by atoms with Crippen molar-refractivity contribution in [2.24, 2.45) is 0 Å². The lowest BCUT2D eigenvalue weighted by atomic mass is 9.97. The van der Waals surface area contributed by atoms with E-state index in [0.29, 0.717) is 24.7 Å². The highest BCUT2D eigenvalue weighted by molar-refractivity contribution is 7.92. The van der Waals surface area contributed by atoms with E-state index in [4.69, 9.17) is 9.47 Å². The average molecular weight is 477 g/mol. The normalized spacial score (nSPS) is 17.0. The van der Waals surface area contributed by atoms with Crippen molar-refractivity contribution in [1.29, 1.82) is 0 Å². The van der Waals surface area contributed by atoms with Crippen LogP contribution in [0.1, 0.15) is 44.9 Å². The van der Waals surface area contributed by atoms with E-state index in [1.807, 2.05) is 0 Å². The molecule has 0 spiro atoms. The summed E-state index contributed by atoms with van der Waals surface area (Å²) >= 11 is 0. The van der Waals surface area contributed by atoms with Crippen LogP contribution in [-0.4, -0.2) is 40.1 Å². The number of amides is 1. The molecule has 7 nitrogen and oxygen atoms in total. The molecule has 1 N–H and O–H groups in total. The molecule has 1 aliphatic heterocycles. The molecule has 33 heavy (non-hydrogen) atoms. The summed E-state index contributed by atoms with van der Waals surface area (Å²) in [7, 11) is -4.18. The first-order chi connectivity index (χ1) is 15.9. The number of carbonyl (C=O) groups excluding carboxylic acids is 1. The van der Waals surface area contributed by atoms with Crippen molar-refractivity contribution in [1.82, 2.24) is 5.32 Å². The summed E-state index contributed by atoms with van der Waals surface area (Å²) in [6.45, 7) is 0.250. The number of benzene rings is 2. The number of rotatable bonds is 6. The third-order valence-corrected chi connectivity index (χ3v) is 7.73. The Morgan fingerprint density at radius 3 is 2.39 bits per heavy atom. The van der Waals surface area contributed by atoms with Crippen LogP contribution in [0.3, 0.4) is 0 Å². The number of halogens is 1. The van der Waals surface area contributed by atoms with Crippen molar-refractivity contribution in [2.75, 3.05) is 24.1 Å². The molecule has 1 aliphatic carbocycles. The van der Waals surface area contributed by atoms with Crippen molar-refractivity contribution < 1.29 is 27.1 Å². The minimum atomic E-state index is -4.18. The van der Waals surface area contributed by atoms with Gasteiger partial charge in [-0.3, -0.25) is 9.10 Å². The zero-order valence-electron chi connectivity index (χ0n) is 18.5. The van der Waals surface area contributed by atoms with E-state index in [1.165, 1.54) is 42.8 Å². The predicted molar refractivity (Wildman–Crippen MR) is 123 cm³/mol. The van der Waals surface area contributed by atoms with Crippen LogP contribution in [0.2, 0.25) is 0 Å². The number of ether oxygens (including phenoxy) is 2.